The molecule has 0 saturated heterocycles. The molecule has 0 fully saturated rings. The van der Waals surface area contributed by atoms with Crippen LogP contribution in [0.25, 0.3) is 99.1 Å². The van der Waals surface area contributed by atoms with Crippen molar-refractivity contribution in [3.63, 3.8) is 0 Å². The zero-order valence-electron chi connectivity index (χ0n) is 46.5. The molecule has 84 heavy (non-hydrogen) atoms. The molecule has 6 nitrogen and oxygen atoms in total. The Hall–Kier alpha value is -10.3. The van der Waals surface area contributed by atoms with Gasteiger partial charge in [0.1, 0.15) is 22.7 Å². The lowest BCUT2D eigenvalue weighted by atomic mass is 9.89. The highest BCUT2D eigenvalue weighted by molar-refractivity contribution is 7.97. The summed E-state index contributed by atoms with van der Waals surface area (Å²) in [5.41, 5.74) is 22.3. The summed E-state index contributed by atoms with van der Waals surface area (Å²) in [6.45, 7) is 6.86. The van der Waals surface area contributed by atoms with Gasteiger partial charge in [-0.2, -0.15) is 0 Å². The van der Waals surface area contributed by atoms with E-state index in [0.717, 1.165) is 141 Å². The van der Waals surface area contributed by atoms with Crippen molar-refractivity contribution in [3.8, 4) is 39.4 Å². The first-order chi connectivity index (χ1) is 41.4. The summed E-state index contributed by atoms with van der Waals surface area (Å²) in [6, 6.07) is 88.8. The molecule has 0 radical (unpaired) electrons. The van der Waals surface area contributed by atoms with Crippen LogP contribution in [0.5, 0.6) is 11.5 Å². The third kappa shape index (κ3) is 9.07. The second-order valence-electron chi connectivity index (χ2n) is 21.6. The van der Waals surface area contributed by atoms with Crippen LogP contribution in [0.4, 0.5) is 11.4 Å². The zero-order valence-corrected chi connectivity index (χ0v) is 47.3. The molecule has 0 saturated carbocycles. The van der Waals surface area contributed by atoms with E-state index in [-0.39, 0.29) is 0 Å². The summed E-state index contributed by atoms with van der Waals surface area (Å²) in [6.07, 6.45) is 8.13. The van der Waals surface area contributed by atoms with Gasteiger partial charge in [0, 0.05) is 77.8 Å². The number of aromatic amines is 1. The number of hydrogen-bond acceptors (Lipinski definition) is 5. The van der Waals surface area contributed by atoms with Crippen molar-refractivity contribution in [1.29, 1.82) is 0 Å². The molecule has 1 aliphatic rings. The third-order valence-electron chi connectivity index (χ3n) is 16.6. The molecule has 1 N–H and O–H groups in total. The molecule has 1 aliphatic carbocycles. The van der Waals surface area contributed by atoms with Crippen molar-refractivity contribution < 1.29 is 9.15 Å². The number of aryl methyl sites for hydroxylation is 3. The number of ether oxygens (including phenoxy) is 1. The first-order valence-corrected chi connectivity index (χ1v) is 29.7. The summed E-state index contributed by atoms with van der Waals surface area (Å²) >= 11 is 1.45. The fourth-order valence-electron chi connectivity index (χ4n) is 12.3. The molecule has 0 amide bonds. The number of fused-ring (bicyclic) bond motifs is 9. The maximum Gasteiger partial charge on any atom is 0.136 e. The number of aromatic nitrogens is 2. The number of allylic oxidation sites excluding steroid dienone is 4. The Morgan fingerprint density at radius 2 is 1.10 bits per heavy atom. The molecule has 0 aliphatic heterocycles. The number of anilines is 2. The van der Waals surface area contributed by atoms with E-state index < -0.39 is 0 Å². The van der Waals surface area contributed by atoms with Gasteiger partial charge in [-0.25, -0.2) is 4.40 Å². The van der Waals surface area contributed by atoms with E-state index in [1.165, 1.54) is 44.6 Å². The summed E-state index contributed by atoms with van der Waals surface area (Å²) < 4.78 is 20.3. The Morgan fingerprint density at radius 3 is 1.86 bits per heavy atom. The number of H-pyrrole nitrogens is 1. The van der Waals surface area contributed by atoms with E-state index in [1.54, 1.807) is 0 Å². The van der Waals surface area contributed by atoms with E-state index >= 15 is 0 Å². The molecule has 7 heteroatoms. The number of hydrogen-bond donors (Lipinski definition) is 1. The van der Waals surface area contributed by atoms with E-state index in [0.29, 0.717) is 0 Å². The lowest BCUT2D eigenvalue weighted by Gasteiger charge is -2.31. The van der Waals surface area contributed by atoms with Crippen LogP contribution >= 0.6 is 11.9 Å². The molecule has 14 aromatic rings. The van der Waals surface area contributed by atoms with Crippen LogP contribution in [-0.4, -0.2) is 21.5 Å². The van der Waals surface area contributed by atoms with Crippen molar-refractivity contribution >= 4 is 100 Å². The van der Waals surface area contributed by atoms with Gasteiger partial charge in [0.25, 0.3) is 0 Å². The second-order valence-corrected chi connectivity index (χ2v) is 22.2. The topological polar surface area (TPSA) is 58.7 Å². The minimum atomic E-state index is 0.847. The number of para-hydroxylation sites is 5. The minimum absolute atomic E-state index is 0.847. The predicted molar refractivity (Wildman–Crippen MR) is 355 cm³/mol. The summed E-state index contributed by atoms with van der Waals surface area (Å²) in [7, 11) is 0. The van der Waals surface area contributed by atoms with Gasteiger partial charge in [0.2, 0.25) is 0 Å². The van der Waals surface area contributed by atoms with Crippen molar-refractivity contribution in [3.05, 3.63) is 301 Å². The monoisotopic (exact) mass is 1100 g/mol. The first-order valence-electron chi connectivity index (χ1n) is 28.5. The largest absolute Gasteiger partial charge is 0.457 e. The van der Waals surface area contributed by atoms with Crippen LogP contribution < -0.4 is 9.64 Å². The number of nitrogens with zero attached hydrogens (tertiary/aromatic N) is 3. The molecular formula is C77H56N4O2S. The molecule has 3 heterocycles. The number of benzene rings is 11. The summed E-state index contributed by atoms with van der Waals surface area (Å²) in [4.78, 5) is 5.96. The highest BCUT2D eigenvalue weighted by Crippen LogP contribution is 2.42. The van der Waals surface area contributed by atoms with Gasteiger partial charge < -0.3 is 23.6 Å². The van der Waals surface area contributed by atoms with E-state index in [2.05, 4.69) is 246 Å². The van der Waals surface area contributed by atoms with Crippen molar-refractivity contribution in [2.24, 2.45) is 4.40 Å². The fraction of sp³-hybridized carbons (Fsp3) is 0.0519. The average Bonchev–Trinajstić information content (AvgIpc) is 1.90. The Labute approximate surface area is 491 Å². The van der Waals surface area contributed by atoms with Gasteiger partial charge in [0.05, 0.1) is 22.4 Å². The van der Waals surface area contributed by atoms with Crippen molar-refractivity contribution in [1.82, 2.24) is 9.55 Å². The third-order valence-corrected chi connectivity index (χ3v) is 17.0. The summed E-state index contributed by atoms with van der Waals surface area (Å²) in [5, 5.41) is 7.06. The van der Waals surface area contributed by atoms with Crippen LogP contribution in [-0.2, 0) is 12.8 Å². The van der Waals surface area contributed by atoms with Gasteiger partial charge in [-0.15, -0.1) is 0 Å². The van der Waals surface area contributed by atoms with Crippen LogP contribution in [0, 0.1) is 6.92 Å². The first kappa shape index (κ1) is 50.6. The number of furan rings is 1. The predicted octanol–water partition coefficient (Wildman–Crippen LogP) is 20.9. The quantitative estimate of drug-likeness (QED) is 0.117. The Morgan fingerprint density at radius 1 is 0.500 bits per heavy atom. The molecule has 402 valence electrons. The standard InChI is InChI=1S/C77H56N4O2S/c1-49-15-7-12-22-73(49)82-74-23-13-8-16-53(74)28-25-51-26-35-59(36-27-51)80(58-17-5-4-6-18-58)70-44-41-61(77(50(70)2)79-84-3)52-29-37-60(38-30-52)81-71-42-33-54(56-31-39-63-62-19-9-11-21-68(62)78-69(63)47-56)45-66(71)67-46-55(34-43-72(67)81)57-32-40-65-64-20-10-14-24-75(64)83-76(65)48-57/h4-24,26-27,29-48,78H,2,25,28H2,1,3H3. The van der Waals surface area contributed by atoms with Crippen LogP contribution in [0.2, 0.25) is 0 Å². The van der Waals surface area contributed by atoms with E-state index in [9.17, 15) is 0 Å². The fourth-order valence-corrected chi connectivity index (χ4v) is 12.7. The van der Waals surface area contributed by atoms with Gasteiger partial charge >= 0.3 is 0 Å². The second kappa shape index (κ2) is 21.2. The lowest BCUT2D eigenvalue weighted by Crippen LogP contribution is -2.23. The SMILES string of the molecule is C=C1C(N(c2ccccc2)c2ccc(CCc3ccccc3Oc3ccccc3C)cc2)=CC=C(c2ccc(-n3c4ccc(-c5ccc6c(c5)[nH]c5ccccc56)cc4c4cc(-c5ccc6c(c5)oc5ccccc56)ccc43)cc2)C1=NSC. The van der Waals surface area contributed by atoms with Gasteiger partial charge in [0.15, 0.2) is 0 Å². The molecule has 15 rings (SSSR count). The highest BCUT2D eigenvalue weighted by Gasteiger charge is 2.27. The van der Waals surface area contributed by atoms with Crippen molar-refractivity contribution in [2.45, 2.75) is 19.8 Å². The van der Waals surface area contributed by atoms with E-state index in [1.807, 2.05) is 42.7 Å². The summed E-state index contributed by atoms with van der Waals surface area (Å²) in [5.74, 6) is 1.78. The highest BCUT2D eigenvalue weighted by atomic mass is 32.2. The molecule has 0 unspecified atom stereocenters. The Balaban J connectivity index is 0.770. The Bertz CT molecular complexity index is 4830. The molecule has 3 aromatic heterocycles. The maximum absolute atomic E-state index is 6.43. The maximum atomic E-state index is 6.43. The van der Waals surface area contributed by atoms with Gasteiger partial charge in [-0.3, -0.25) is 0 Å². The van der Waals surface area contributed by atoms with Crippen LogP contribution in [0.3, 0.4) is 0 Å². The minimum Gasteiger partial charge on any atom is -0.457 e. The molecule has 0 bridgehead atoms. The zero-order chi connectivity index (χ0) is 56.3. The average molecular weight is 1100 g/mol. The van der Waals surface area contributed by atoms with Crippen LogP contribution in [0.1, 0.15) is 22.3 Å². The van der Waals surface area contributed by atoms with Gasteiger partial charge in [-0.05, 0) is 185 Å². The number of rotatable bonds is 13. The molecular weight excluding hydrogens is 1040 g/mol. The number of nitrogens with one attached hydrogen (secondary N) is 1. The normalized spacial score (nSPS) is 13.2. The van der Waals surface area contributed by atoms with E-state index in [4.69, 9.17) is 20.1 Å². The van der Waals surface area contributed by atoms with Crippen molar-refractivity contribution in [2.75, 3.05) is 11.2 Å². The molecule has 11 aromatic carbocycles. The Kier molecular flexibility index (Phi) is 12.8. The molecule has 0 atom stereocenters. The lowest BCUT2D eigenvalue weighted by molar-refractivity contribution is 0.472. The molecule has 0 spiro atoms. The smallest absolute Gasteiger partial charge is 0.136 e. The van der Waals surface area contributed by atoms with Gasteiger partial charge in [-0.1, -0.05) is 158 Å². The van der Waals surface area contributed by atoms with Crippen LogP contribution in [0.15, 0.2) is 288 Å².